The van der Waals surface area contributed by atoms with Crippen molar-refractivity contribution in [2.75, 3.05) is 4.90 Å². The lowest BCUT2D eigenvalue weighted by molar-refractivity contribution is -0.118. The van der Waals surface area contributed by atoms with Gasteiger partial charge in [0.2, 0.25) is 5.91 Å². The van der Waals surface area contributed by atoms with E-state index in [9.17, 15) is 4.79 Å². The fourth-order valence-electron chi connectivity index (χ4n) is 3.08. The molecule has 0 atom stereocenters. The average Bonchev–Trinajstić information content (AvgIpc) is 3.31. The number of thiazole rings is 1. The molecule has 2 aromatic heterocycles. The molecule has 0 saturated heterocycles. The van der Waals surface area contributed by atoms with Crippen LogP contribution in [0.15, 0.2) is 59.2 Å². The van der Waals surface area contributed by atoms with E-state index in [1.165, 1.54) is 16.7 Å². The van der Waals surface area contributed by atoms with E-state index in [0.29, 0.717) is 18.1 Å². The molecule has 0 aliphatic carbocycles. The third kappa shape index (κ3) is 3.85. The first kappa shape index (κ1) is 18.4. The Labute approximate surface area is 168 Å². The largest absolute Gasteiger partial charge is 0.467 e. The summed E-state index contributed by atoms with van der Waals surface area (Å²) in [6.07, 6.45) is 1.96. The Hall–Kier alpha value is -2.92. The summed E-state index contributed by atoms with van der Waals surface area (Å²) in [4.78, 5) is 19.7. The number of rotatable bonds is 5. The van der Waals surface area contributed by atoms with Crippen molar-refractivity contribution in [2.45, 2.75) is 33.7 Å². The Balaban J connectivity index is 1.68. The third-order valence-corrected chi connectivity index (χ3v) is 5.94. The second-order valence-corrected chi connectivity index (χ2v) is 8.13. The number of aromatic nitrogens is 1. The molecule has 142 valence electrons. The van der Waals surface area contributed by atoms with Crippen molar-refractivity contribution < 1.29 is 9.21 Å². The highest BCUT2D eigenvalue weighted by molar-refractivity contribution is 7.22. The van der Waals surface area contributed by atoms with Gasteiger partial charge in [-0.25, -0.2) is 4.98 Å². The van der Waals surface area contributed by atoms with E-state index in [1.807, 2.05) is 43.3 Å². The van der Waals surface area contributed by atoms with E-state index < -0.39 is 0 Å². The number of benzene rings is 2. The minimum atomic E-state index is 0.00718. The standard InChI is InChI=1S/C23H22N2O2S/c1-15-6-8-18(9-7-15)13-22(26)25(14-19-5-4-10-27-19)23-24-20-11-16(2)17(3)12-21(20)28-23/h4-12H,13-14H2,1-3H3. The molecule has 0 unspecified atom stereocenters. The van der Waals surface area contributed by atoms with E-state index >= 15 is 0 Å². The maximum absolute atomic E-state index is 13.2. The van der Waals surface area contributed by atoms with Gasteiger partial charge in [-0.15, -0.1) is 0 Å². The van der Waals surface area contributed by atoms with Crippen molar-refractivity contribution >= 4 is 32.6 Å². The van der Waals surface area contributed by atoms with Crippen molar-refractivity contribution in [3.63, 3.8) is 0 Å². The number of hydrogen-bond donors (Lipinski definition) is 0. The topological polar surface area (TPSA) is 46.3 Å². The molecular formula is C23H22N2O2S. The van der Waals surface area contributed by atoms with Crippen LogP contribution in [0.3, 0.4) is 0 Å². The second-order valence-electron chi connectivity index (χ2n) is 7.12. The fraction of sp³-hybridized carbons (Fsp3) is 0.217. The van der Waals surface area contributed by atoms with Crippen LogP contribution in [0.5, 0.6) is 0 Å². The SMILES string of the molecule is Cc1ccc(CC(=O)N(Cc2ccco2)c2nc3cc(C)c(C)cc3s2)cc1. The quantitative estimate of drug-likeness (QED) is 0.446. The summed E-state index contributed by atoms with van der Waals surface area (Å²) in [7, 11) is 0. The summed E-state index contributed by atoms with van der Waals surface area (Å²) in [5, 5.41) is 0.702. The number of furan rings is 1. The van der Waals surface area contributed by atoms with E-state index in [1.54, 1.807) is 22.5 Å². The van der Waals surface area contributed by atoms with Crippen LogP contribution < -0.4 is 4.90 Å². The molecule has 0 spiro atoms. The molecule has 4 aromatic rings. The third-order valence-electron chi connectivity index (χ3n) is 4.89. The van der Waals surface area contributed by atoms with Gasteiger partial charge < -0.3 is 4.42 Å². The first-order chi connectivity index (χ1) is 13.5. The summed E-state index contributed by atoms with van der Waals surface area (Å²) in [5.41, 5.74) is 5.53. The molecule has 1 amide bonds. The van der Waals surface area contributed by atoms with Crippen molar-refractivity contribution in [3.8, 4) is 0 Å². The van der Waals surface area contributed by atoms with Gasteiger partial charge in [-0.05, 0) is 61.7 Å². The van der Waals surface area contributed by atoms with Crippen molar-refractivity contribution in [1.29, 1.82) is 0 Å². The van der Waals surface area contributed by atoms with Crippen molar-refractivity contribution in [1.82, 2.24) is 4.98 Å². The van der Waals surface area contributed by atoms with Crippen LogP contribution in [-0.4, -0.2) is 10.9 Å². The monoisotopic (exact) mass is 390 g/mol. The number of anilines is 1. The highest BCUT2D eigenvalue weighted by Gasteiger charge is 2.22. The van der Waals surface area contributed by atoms with Gasteiger partial charge in [0.05, 0.1) is 29.4 Å². The predicted octanol–water partition coefficient (Wildman–Crippen LogP) is 5.59. The molecule has 28 heavy (non-hydrogen) atoms. The molecule has 4 rings (SSSR count). The molecule has 0 radical (unpaired) electrons. The lowest BCUT2D eigenvalue weighted by atomic mass is 10.1. The van der Waals surface area contributed by atoms with Crippen molar-refractivity contribution in [2.24, 2.45) is 0 Å². The maximum Gasteiger partial charge on any atom is 0.233 e. The molecule has 4 nitrogen and oxygen atoms in total. The fourth-order valence-corrected chi connectivity index (χ4v) is 4.14. The molecule has 2 aromatic carbocycles. The van der Waals surface area contributed by atoms with Gasteiger partial charge >= 0.3 is 0 Å². The summed E-state index contributed by atoms with van der Waals surface area (Å²) in [6.45, 7) is 6.59. The lowest BCUT2D eigenvalue weighted by Crippen LogP contribution is -2.31. The molecule has 0 N–H and O–H groups in total. The molecule has 2 heterocycles. The summed E-state index contributed by atoms with van der Waals surface area (Å²) >= 11 is 1.54. The predicted molar refractivity (Wildman–Crippen MR) is 114 cm³/mol. The number of carbonyl (C=O) groups is 1. The Morgan fingerprint density at radius 3 is 2.54 bits per heavy atom. The number of fused-ring (bicyclic) bond motifs is 1. The van der Waals surface area contributed by atoms with Crippen LogP contribution in [-0.2, 0) is 17.8 Å². The summed E-state index contributed by atoms with van der Waals surface area (Å²) < 4.78 is 6.59. The number of carbonyl (C=O) groups excluding carboxylic acids is 1. The second kappa shape index (κ2) is 7.60. The van der Waals surface area contributed by atoms with Crippen LogP contribution in [0.2, 0.25) is 0 Å². The molecule has 0 fully saturated rings. The smallest absolute Gasteiger partial charge is 0.233 e. The minimum absolute atomic E-state index is 0.00718. The zero-order valence-electron chi connectivity index (χ0n) is 16.2. The van der Waals surface area contributed by atoms with Gasteiger partial charge in [-0.3, -0.25) is 9.69 Å². The van der Waals surface area contributed by atoms with Gasteiger partial charge in [-0.2, -0.15) is 0 Å². The zero-order valence-corrected chi connectivity index (χ0v) is 17.0. The van der Waals surface area contributed by atoms with E-state index in [0.717, 1.165) is 21.5 Å². The molecule has 0 aliphatic rings. The Bertz CT molecular complexity index is 1070. The zero-order chi connectivity index (χ0) is 19.7. The van der Waals surface area contributed by atoms with Gasteiger partial charge in [-0.1, -0.05) is 41.2 Å². The van der Waals surface area contributed by atoms with E-state index in [-0.39, 0.29) is 5.91 Å². The van der Waals surface area contributed by atoms with Gasteiger partial charge in [0.1, 0.15) is 5.76 Å². The van der Waals surface area contributed by atoms with Gasteiger partial charge in [0, 0.05) is 0 Å². The highest BCUT2D eigenvalue weighted by atomic mass is 32.1. The summed E-state index contributed by atoms with van der Waals surface area (Å²) in [5.74, 6) is 0.747. The van der Waals surface area contributed by atoms with E-state index in [4.69, 9.17) is 9.40 Å². The molecular weight excluding hydrogens is 368 g/mol. The molecule has 0 aliphatic heterocycles. The molecule has 5 heteroatoms. The molecule has 0 bridgehead atoms. The number of hydrogen-bond acceptors (Lipinski definition) is 4. The lowest BCUT2D eigenvalue weighted by Gasteiger charge is -2.18. The minimum Gasteiger partial charge on any atom is -0.467 e. The first-order valence-electron chi connectivity index (χ1n) is 9.25. The van der Waals surface area contributed by atoms with Crippen LogP contribution in [0, 0.1) is 20.8 Å². The van der Waals surface area contributed by atoms with Crippen LogP contribution >= 0.6 is 11.3 Å². The first-order valence-corrected chi connectivity index (χ1v) is 10.1. The molecule has 0 saturated carbocycles. The Morgan fingerprint density at radius 1 is 1.07 bits per heavy atom. The van der Waals surface area contributed by atoms with Crippen molar-refractivity contribution in [3.05, 3.63) is 82.8 Å². The number of amides is 1. The van der Waals surface area contributed by atoms with Crippen LogP contribution in [0.25, 0.3) is 10.2 Å². The summed E-state index contributed by atoms with van der Waals surface area (Å²) in [6, 6.07) is 16.0. The van der Waals surface area contributed by atoms with Gasteiger partial charge in [0.25, 0.3) is 0 Å². The average molecular weight is 391 g/mol. The Kier molecular flexibility index (Phi) is 5.01. The number of aryl methyl sites for hydroxylation is 3. The normalized spacial score (nSPS) is 11.1. The number of nitrogens with zero attached hydrogens (tertiary/aromatic N) is 2. The van der Waals surface area contributed by atoms with Crippen LogP contribution in [0.1, 0.15) is 28.0 Å². The highest BCUT2D eigenvalue weighted by Crippen LogP contribution is 2.32. The van der Waals surface area contributed by atoms with E-state index in [2.05, 4.69) is 26.0 Å². The Morgan fingerprint density at radius 2 is 1.82 bits per heavy atom. The van der Waals surface area contributed by atoms with Gasteiger partial charge in [0.15, 0.2) is 5.13 Å². The maximum atomic E-state index is 13.2. The van der Waals surface area contributed by atoms with Crippen LogP contribution in [0.4, 0.5) is 5.13 Å².